The number of aryl methyl sites for hydroxylation is 2. The zero-order valence-corrected chi connectivity index (χ0v) is 13.2. The minimum absolute atomic E-state index is 0.154. The van der Waals surface area contributed by atoms with Crippen LogP contribution in [0, 0.1) is 29.8 Å². The van der Waals surface area contributed by atoms with Gasteiger partial charge in [-0.15, -0.1) is 0 Å². The van der Waals surface area contributed by atoms with Gasteiger partial charge in [-0.2, -0.15) is 0 Å². The second-order valence-corrected chi connectivity index (χ2v) is 5.50. The lowest BCUT2D eigenvalue weighted by molar-refractivity contribution is -0.384. The highest BCUT2D eigenvalue weighted by Crippen LogP contribution is 2.34. The zero-order chi connectivity index (χ0) is 15.7. The Morgan fingerprint density at radius 3 is 2.67 bits per heavy atom. The van der Waals surface area contributed by atoms with Crippen LogP contribution in [0.2, 0.25) is 0 Å². The number of hydrogen-bond acceptors (Lipinski definition) is 5. The largest absolute Gasteiger partial charge is 0.373 e. The van der Waals surface area contributed by atoms with E-state index in [-0.39, 0.29) is 21.9 Å². The number of nitro groups is 1. The Bertz CT molecular complexity index is 683. The minimum Gasteiger partial charge on any atom is -0.373 e. The van der Waals surface area contributed by atoms with Gasteiger partial charge in [-0.25, -0.2) is 4.39 Å². The fourth-order valence-corrected chi connectivity index (χ4v) is 2.56. The van der Waals surface area contributed by atoms with Gasteiger partial charge in [0.2, 0.25) is 0 Å². The molecule has 2 aromatic rings. The smallest absolute Gasteiger partial charge is 0.295 e. The fraction of sp³-hybridized carbons (Fsp3) is 0.308. The number of aromatic nitrogens is 1. The third-order valence-corrected chi connectivity index (χ3v) is 3.74. The van der Waals surface area contributed by atoms with Crippen molar-refractivity contribution in [2.24, 2.45) is 0 Å². The highest BCUT2D eigenvalue weighted by atomic mass is 79.9. The summed E-state index contributed by atoms with van der Waals surface area (Å²) in [6.45, 7) is 5.38. The molecular weight excluding hydrogens is 345 g/mol. The van der Waals surface area contributed by atoms with Crippen LogP contribution in [0.5, 0.6) is 0 Å². The van der Waals surface area contributed by atoms with Crippen LogP contribution in [0.15, 0.2) is 21.1 Å². The highest BCUT2D eigenvalue weighted by molar-refractivity contribution is 9.10. The van der Waals surface area contributed by atoms with E-state index < -0.39 is 10.7 Å². The molecule has 0 fully saturated rings. The molecule has 0 aliphatic rings. The molecule has 1 N–H and O–H groups in total. The molecule has 0 aliphatic heterocycles. The van der Waals surface area contributed by atoms with E-state index in [9.17, 15) is 14.5 Å². The monoisotopic (exact) mass is 357 g/mol. The summed E-state index contributed by atoms with van der Waals surface area (Å²) >= 11 is 3.03. The molecule has 112 valence electrons. The van der Waals surface area contributed by atoms with E-state index in [0.29, 0.717) is 11.5 Å². The SMILES string of the molecule is Cc1noc(C)c1C(C)Nc1cc(Br)c(F)cc1[N+](=O)[O-]. The predicted octanol–water partition coefficient (Wildman–Crippen LogP) is 4.27. The molecule has 1 aromatic heterocycles. The molecule has 0 radical (unpaired) electrons. The topological polar surface area (TPSA) is 81.2 Å². The van der Waals surface area contributed by atoms with Gasteiger partial charge in [-0.05, 0) is 42.8 Å². The molecule has 1 atom stereocenters. The maximum absolute atomic E-state index is 13.5. The number of benzene rings is 1. The fourth-order valence-electron chi connectivity index (χ4n) is 2.22. The number of nitrogens with zero attached hydrogens (tertiary/aromatic N) is 2. The number of hydrogen-bond donors (Lipinski definition) is 1. The second kappa shape index (κ2) is 5.80. The Labute approximate surface area is 128 Å². The molecule has 0 aliphatic carbocycles. The molecule has 6 nitrogen and oxygen atoms in total. The maximum Gasteiger partial charge on any atom is 0.295 e. The highest BCUT2D eigenvalue weighted by Gasteiger charge is 2.22. The summed E-state index contributed by atoms with van der Waals surface area (Å²) in [6, 6.07) is 1.96. The molecule has 21 heavy (non-hydrogen) atoms. The molecule has 8 heteroatoms. The minimum atomic E-state index is -0.683. The molecule has 0 amide bonds. The molecular formula is C13H13BrFN3O3. The summed E-state index contributed by atoms with van der Waals surface area (Å²) in [6.07, 6.45) is 0. The van der Waals surface area contributed by atoms with Crippen LogP contribution in [0.1, 0.15) is 30.0 Å². The van der Waals surface area contributed by atoms with E-state index in [4.69, 9.17) is 4.52 Å². The summed E-state index contributed by atoms with van der Waals surface area (Å²) in [7, 11) is 0. The summed E-state index contributed by atoms with van der Waals surface area (Å²) in [5.74, 6) is -0.0476. The summed E-state index contributed by atoms with van der Waals surface area (Å²) in [5.41, 5.74) is 1.43. The van der Waals surface area contributed by atoms with Crippen LogP contribution in [-0.4, -0.2) is 10.1 Å². The van der Waals surface area contributed by atoms with Crippen molar-refractivity contribution in [3.05, 3.63) is 49.6 Å². The third kappa shape index (κ3) is 3.05. The van der Waals surface area contributed by atoms with E-state index in [2.05, 4.69) is 26.4 Å². The van der Waals surface area contributed by atoms with Crippen molar-refractivity contribution in [3.8, 4) is 0 Å². The number of rotatable bonds is 4. The van der Waals surface area contributed by atoms with E-state index >= 15 is 0 Å². The molecule has 1 aromatic carbocycles. The van der Waals surface area contributed by atoms with Gasteiger partial charge in [-0.1, -0.05) is 5.16 Å². The Kier molecular flexibility index (Phi) is 4.26. The number of anilines is 1. The van der Waals surface area contributed by atoms with Crippen molar-refractivity contribution in [2.45, 2.75) is 26.8 Å². The van der Waals surface area contributed by atoms with E-state index in [1.165, 1.54) is 6.07 Å². The first-order chi connectivity index (χ1) is 9.81. The van der Waals surface area contributed by atoms with Crippen LogP contribution in [0.4, 0.5) is 15.8 Å². The predicted molar refractivity (Wildman–Crippen MR) is 78.8 cm³/mol. The van der Waals surface area contributed by atoms with Gasteiger partial charge < -0.3 is 9.84 Å². The first-order valence-corrected chi connectivity index (χ1v) is 6.93. The van der Waals surface area contributed by atoms with Crippen LogP contribution >= 0.6 is 15.9 Å². The standard InChI is InChI=1S/C13H13BrFN3O3/c1-6(13-7(2)17-21-8(13)3)16-11-4-9(14)10(15)5-12(11)18(19)20/h4-6,16H,1-3H3. The van der Waals surface area contributed by atoms with Gasteiger partial charge in [0.1, 0.15) is 17.3 Å². The Balaban J connectivity index is 2.39. The molecule has 1 heterocycles. The third-order valence-electron chi connectivity index (χ3n) is 3.13. The van der Waals surface area contributed by atoms with Crippen LogP contribution in [0.25, 0.3) is 0 Å². The number of nitro benzene ring substituents is 1. The molecule has 0 spiro atoms. The van der Waals surface area contributed by atoms with Gasteiger partial charge in [-0.3, -0.25) is 10.1 Å². The lowest BCUT2D eigenvalue weighted by Crippen LogP contribution is -2.10. The van der Waals surface area contributed by atoms with Crippen molar-refractivity contribution in [2.75, 3.05) is 5.32 Å². The first-order valence-electron chi connectivity index (χ1n) is 6.14. The lowest BCUT2D eigenvalue weighted by Gasteiger charge is -2.15. The lowest BCUT2D eigenvalue weighted by atomic mass is 10.1. The van der Waals surface area contributed by atoms with Gasteiger partial charge in [0, 0.05) is 5.56 Å². The molecule has 0 bridgehead atoms. The molecule has 0 saturated heterocycles. The Hall–Kier alpha value is -1.96. The van der Waals surface area contributed by atoms with Gasteiger partial charge in [0.05, 0.1) is 27.2 Å². The average molecular weight is 358 g/mol. The molecule has 0 saturated carbocycles. The van der Waals surface area contributed by atoms with Gasteiger partial charge >= 0.3 is 0 Å². The summed E-state index contributed by atoms with van der Waals surface area (Å²) in [5, 5.41) is 17.9. The van der Waals surface area contributed by atoms with Crippen molar-refractivity contribution in [3.63, 3.8) is 0 Å². The quantitative estimate of drug-likeness (QED) is 0.652. The second-order valence-electron chi connectivity index (χ2n) is 4.64. The van der Waals surface area contributed by atoms with Crippen molar-refractivity contribution in [1.29, 1.82) is 0 Å². The zero-order valence-electron chi connectivity index (χ0n) is 11.6. The number of nitrogens with one attached hydrogen (secondary N) is 1. The Morgan fingerprint density at radius 2 is 2.14 bits per heavy atom. The van der Waals surface area contributed by atoms with E-state index in [1.54, 1.807) is 13.8 Å². The first kappa shape index (κ1) is 15.4. The maximum atomic E-state index is 13.5. The van der Waals surface area contributed by atoms with Gasteiger partial charge in [0.15, 0.2) is 0 Å². The van der Waals surface area contributed by atoms with Crippen LogP contribution < -0.4 is 5.32 Å². The summed E-state index contributed by atoms with van der Waals surface area (Å²) < 4.78 is 18.7. The van der Waals surface area contributed by atoms with E-state index in [0.717, 1.165) is 11.6 Å². The Morgan fingerprint density at radius 1 is 1.48 bits per heavy atom. The van der Waals surface area contributed by atoms with Crippen molar-refractivity contribution < 1.29 is 13.8 Å². The average Bonchev–Trinajstić information content (AvgIpc) is 2.72. The van der Waals surface area contributed by atoms with Crippen LogP contribution in [-0.2, 0) is 0 Å². The van der Waals surface area contributed by atoms with Crippen molar-refractivity contribution >= 4 is 27.3 Å². The normalized spacial score (nSPS) is 12.2. The van der Waals surface area contributed by atoms with Crippen molar-refractivity contribution in [1.82, 2.24) is 5.16 Å². The molecule has 1 unspecified atom stereocenters. The van der Waals surface area contributed by atoms with E-state index in [1.807, 2.05) is 6.92 Å². The van der Waals surface area contributed by atoms with Crippen LogP contribution in [0.3, 0.4) is 0 Å². The molecule has 2 rings (SSSR count). The van der Waals surface area contributed by atoms with Gasteiger partial charge in [0.25, 0.3) is 5.69 Å². The summed E-state index contributed by atoms with van der Waals surface area (Å²) in [4.78, 5) is 10.4. The number of halogens is 2.